The zero-order valence-electron chi connectivity index (χ0n) is 14.0. The van der Waals surface area contributed by atoms with Gasteiger partial charge in [0.1, 0.15) is 5.82 Å². The summed E-state index contributed by atoms with van der Waals surface area (Å²) < 4.78 is 2.10. The van der Waals surface area contributed by atoms with E-state index in [9.17, 15) is 4.79 Å². The molecule has 0 fully saturated rings. The molecular formula is C18H28N2O. The minimum Gasteiger partial charge on any atom is -0.331 e. The van der Waals surface area contributed by atoms with Gasteiger partial charge < -0.3 is 4.57 Å². The maximum absolute atomic E-state index is 11.8. The largest absolute Gasteiger partial charge is 0.331 e. The van der Waals surface area contributed by atoms with Gasteiger partial charge in [-0.3, -0.25) is 4.79 Å². The van der Waals surface area contributed by atoms with Gasteiger partial charge in [-0.15, -0.1) is 0 Å². The SMILES string of the molecule is C=Cc1nccn1CC(C)(C)C/C=C\C(=O)CC(C)(C)C. The molecule has 1 heterocycles. The van der Waals surface area contributed by atoms with Crippen molar-refractivity contribution in [2.24, 2.45) is 10.8 Å². The van der Waals surface area contributed by atoms with Crippen molar-refractivity contribution in [2.75, 3.05) is 0 Å². The molecule has 116 valence electrons. The average Bonchev–Trinajstić information content (AvgIpc) is 2.72. The molecule has 0 aliphatic carbocycles. The Bertz CT molecular complexity index is 516. The van der Waals surface area contributed by atoms with E-state index in [4.69, 9.17) is 0 Å². The summed E-state index contributed by atoms with van der Waals surface area (Å²) in [4.78, 5) is 16.1. The Kier molecular flexibility index (Phi) is 5.70. The first-order valence-electron chi connectivity index (χ1n) is 7.46. The number of allylic oxidation sites excluding steroid dienone is 2. The van der Waals surface area contributed by atoms with Crippen LogP contribution in [0.25, 0.3) is 6.08 Å². The molecule has 0 aromatic carbocycles. The molecule has 1 aromatic heterocycles. The predicted octanol–water partition coefficient (Wildman–Crippen LogP) is 4.50. The summed E-state index contributed by atoms with van der Waals surface area (Å²) in [7, 11) is 0. The number of nitrogens with zero attached hydrogens (tertiary/aromatic N) is 2. The van der Waals surface area contributed by atoms with Gasteiger partial charge in [0.25, 0.3) is 0 Å². The molecule has 0 aliphatic rings. The molecule has 3 heteroatoms. The number of imidazole rings is 1. The lowest BCUT2D eigenvalue weighted by atomic mass is 9.87. The van der Waals surface area contributed by atoms with Crippen molar-refractivity contribution in [3.05, 3.63) is 36.9 Å². The molecule has 0 aliphatic heterocycles. The number of hydrogen-bond acceptors (Lipinski definition) is 2. The molecule has 0 radical (unpaired) electrons. The van der Waals surface area contributed by atoms with Crippen molar-refractivity contribution in [2.45, 2.75) is 54.0 Å². The topological polar surface area (TPSA) is 34.9 Å². The maximum Gasteiger partial charge on any atom is 0.155 e. The Morgan fingerprint density at radius 2 is 2.00 bits per heavy atom. The number of carbonyl (C=O) groups is 1. The van der Waals surface area contributed by atoms with Gasteiger partial charge >= 0.3 is 0 Å². The number of ketones is 1. The smallest absolute Gasteiger partial charge is 0.155 e. The average molecular weight is 288 g/mol. The number of rotatable bonds is 7. The van der Waals surface area contributed by atoms with Crippen LogP contribution >= 0.6 is 0 Å². The number of carbonyl (C=O) groups excluding carboxylic acids is 1. The summed E-state index contributed by atoms with van der Waals surface area (Å²) in [5.74, 6) is 1.09. The summed E-state index contributed by atoms with van der Waals surface area (Å²) in [6.07, 6.45) is 10.7. The Labute approximate surface area is 128 Å². The lowest BCUT2D eigenvalue weighted by Gasteiger charge is -2.24. The molecule has 0 atom stereocenters. The summed E-state index contributed by atoms with van der Waals surface area (Å²) in [6.45, 7) is 15.3. The van der Waals surface area contributed by atoms with Gasteiger partial charge in [0.2, 0.25) is 0 Å². The standard InChI is InChI=1S/C18H28N2O/c1-7-16-19-11-12-20(16)14-18(5,6)10-8-9-15(21)13-17(2,3)4/h7-9,11-12H,1,10,13-14H2,2-6H3/b9-8-. The third-order valence-corrected chi connectivity index (χ3v) is 3.21. The quantitative estimate of drug-likeness (QED) is 0.692. The van der Waals surface area contributed by atoms with Crippen LogP contribution in [0.5, 0.6) is 0 Å². The molecule has 0 N–H and O–H groups in total. The number of hydrogen-bond donors (Lipinski definition) is 0. The highest BCUT2D eigenvalue weighted by atomic mass is 16.1. The molecule has 3 nitrogen and oxygen atoms in total. The van der Waals surface area contributed by atoms with Gasteiger partial charge in [-0.2, -0.15) is 0 Å². The lowest BCUT2D eigenvalue weighted by Crippen LogP contribution is -2.19. The molecule has 1 aromatic rings. The Balaban J connectivity index is 2.57. The van der Waals surface area contributed by atoms with E-state index in [0.29, 0.717) is 6.42 Å². The van der Waals surface area contributed by atoms with Crippen LogP contribution in [0.4, 0.5) is 0 Å². The van der Waals surface area contributed by atoms with E-state index < -0.39 is 0 Å². The second-order valence-corrected chi connectivity index (χ2v) is 7.59. The molecule has 0 spiro atoms. The highest BCUT2D eigenvalue weighted by Crippen LogP contribution is 2.25. The first kappa shape index (κ1) is 17.4. The van der Waals surface area contributed by atoms with Gasteiger partial charge in [0, 0.05) is 25.4 Å². The second kappa shape index (κ2) is 6.88. The highest BCUT2D eigenvalue weighted by molar-refractivity contribution is 5.89. The van der Waals surface area contributed by atoms with Crippen LogP contribution < -0.4 is 0 Å². The third kappa shape index (κ3) is 6.56. The van der Waals surface area contributed by atoms with Crippen molar-refractivity contribution in [3.8, 4) is 0 Å². The summed E-state index contributed by atoms with van der Waals surface area (Å²) in [6, 6.07) is 0. The summed E-state index contributed by atoms with van der Waals surface area (Å²) in [5, 5.41) is 0. The van der Waals surface area contributed by atoms with Gasteiger partial charge in [-0.25, -0.2) is 4.98 Å². The first-order chi connectivity index (χ1) is 9.63. The molecule has 0 saturated heterocycles. The van der Waals surface area contributed by atoms with E-state index >= 15 is 0 Å². The van der Waals surface area contributed by atoms with E-state index in [2.05, 4.69) is 50.7 Å². The molecule has 21 heavy (non-hydrogen) atoms. The lowest BCUT2D eigenvalue weighted by molar-refractivity contribution is -0.116. The van der Waals surface area contributed by atoms with E-state index in [0.717, 1.165) is 18.8 Å². The fraction of sp³-hybridized carbons (Fsp3) is 0.556. The van der Waals surface area contributed by atoms with Gasteiger partial charge in [-0.1, -0.05) is 47.3 Å². The molecule has 0 unspecified atom stereocenters. The molecule has 0 bridgehead atoms. The Morgan fingerprint density at radius 1 is 1.33 bits per heavy atom. The number of aromatic nitrogens is 2. The fourth-order valence-electron chi connectivity index (χ4n) is 2.26. The molecule has 1 rings (SSSR count). The van der Waals surface area contributed by atoms with E-state index in [1.165, 1.54) is 0 Å². The first-order valence-corrected chi connectivity index (χ1v) is 7.46. The second-order valence-electron chi connectivity index (χ2n) is 7.59. The molecule has 0 saturated carbocycles. The maximum atomic E-state index is 11.8. The van der Waals surface area contributed by atoms with E-state index in [1.54, 1.807) is 18.3 Å². The highest BCUT2D eigenvalue weighted by Gasteiger charge is 2.19. The fourth-order valence-corrected chi connectivity index (χ4v) is 2.26. The van der Waals surface area contributed by atoms with Crippen LogP contribution in [0, 0.1) is 10.8 Å². The van der Waals surface area contributed by atoms with E-state index in [-0.39, 0.29) is 16.6 Å². The van der Waals surface area contributed by atoms with Crippen LogP contribution in [0.2, 0.25) is 0 Å². The van der Waals surface area contributed by atoms with Gasteiger partial charge in [0.05, 0.1) is 0 Å². The van der Waals surface area contributed by atoms with E-state index in [1.807, 2.05) is 12.3 Å². The molecular weight excluding hydrogens is 260 g/mol. The van der Waals surface area contributed by atoms with Crippen LogP contribution in [0.3, 0.4) is 0 Å². The minimum absolute atomic E-state index is 0.0482. The van der Waals surface area contributed by atoms with Crippen LogP contribution in [-0.4, -0.2) is 15.3 Å². The summed E-state index contributed by atoms with van der Waals surface area (Å²) in [5.41, 5.74) is 0.115. The normalized spacial score (nSPS) is 12.8. The van der Waals surface area contributed by atoms with Gasteiger partial charge in [0.15, 0.2) is 5.78 Å². The minimum atomic E-state index is 0.0482. The molecule has 0 amide bonds. The van der Waals surface area contributed by atoms with Crippen LogP contribution in [0.15, 0.2) is 31.1 Å². The predicted molar refractivity (Wildman–Crippen MR) is 88.9 cm³/mol. The zero-order chi connectivity index (χ0) is 16.1. The van der Waals surface area contributed by atoms with Crippen molar-refractivity contribution in [3.63, 3.8) is 0 Å². The van der Waals surface area contributed by atoms with Crippen molar-refractivity contribution in [1.82, 2.24) is 9.55 Å². The Hall–Kier alpha value is -1.64. The van der Waals surface area contributed by atoms with Gasteiger partial charge in [-0.05, 0) is 29.4 Å². The van der Waals surface area contributed by atoms with Crippen molar-refractivity contribution in [1.29, 1.82) is 0 Å². The summed E-state index contributed by atoms with van der Waals surface area (Å²) >= 11 is 0. The van der Waals surface area contributed by atoms with Crippen molar-refractivity contribution < 1.29 is 4.79 Å². The zero-order valence-corrected chi connectivity index (χ0v) is 14.0. The third-order valence-electron chi connectivity index (χ3n) is 3.21. The Morgan fingerprint density at radius 3 is 2.57 bits per heavy atom. The van der Waals surface area contributed by atoms with Crippen LogP contribution in [-0.2, 0) is 11.3 Å². The van der Waals surface area contributed by atoms with Crippen molar-refractivity contribution >= 4 is 11.9 Å². The monoisotopic (exact) mass is 288 g/mol. The van der Waals surface area contributed by atoms with Crippen LogP contribution in [0.1, 0.15) is 53.3 Å².